The Morgan fingerprint density at radius 2 is 1.50 bits per heavy atom. The van der Waals surface area contributed by atoms with Gasteiger partial charge in [-0.3, -0.25) is 0 Å². The molecule has 2 rings (SSSR count). The first kappa shape index (κ1) is 11.9. The molecule has 2 aromatic rings. The topological polar surface area (TPSA) is 38.7 Å². The van der Waals surface area contributed by atoms with Gasteiger partial charge < -0.3 is 0 Å². The smallest absolute Gasteiger partial charge is 0.191 e. The highest BCUT2D eigenvalue weighted by molar-refractivity contribution is 7.99. The van der Waals surface area contributed by atoms with Gasteiger partial charge in [-0.1, -0.05) is 23.7 Å². The first-order valence-corrected chi connectivity index (χ1v) is 6.09. The second-order valence-electron chi connectivity index (χ2n) is 2.69. The molecule has 0 spiro atoms. The van der Waals surface area contributed by atoms with Gasteiger partial charge in [0.05, 0.1) is 5.02 Å². The van der Waals surface area contributed by atoms with E-state index >= 15 is 0 Å². The largest absolute Gasteiger partial charge is 0.227 e. The van der Waals surface area contributed by atoms with Crippen molar-refractivity contribution in [2.24, 2.45) is 0 Å². The number of halogens is 3. The lowest BCUT2D eigenvalue weighted by Crippen LogP contribution is -1.91. The maximum atomic E-state index is 6.00. The molecule has 0 saturated carbocycles. The summed E-state index contributed by atoms with van der Waals surface area (Å²) in [6.07, 6.45) is 0. The lowest BCUT2D eigenvalue weighted by Gasteiger charge is -2.02. The third-order valence-corrected chi connectivity index (χ3v) is 3.32. The molecule has 0 amide bonds. The van der Waals surface area contributed by atoms with E-state index in [1.165, 1.54) is 11.8 Å². The molecule has 0 bridgehead atoms. The van der Waals surface area contributed by atoms with Crippen LogP contribution in [-0.4, -0.2) is 15.0 Å². The SMILES string of the molecule is Clc1nc(Cl)nc(Sc2ccccc2Cl)n1. The van der Waals surface area contributed by atoms with Crippen LogP contribution in [0.25, 0.3) is 0 Å². The van der Waals surface area contributed by atoms with Crippen molar-refractivity contribution in [2.75, 3.05) is 0 Å². The van der Waals surface area contributed by atoms with E-state index in [9.17, 15) is 0 Å². The highest BCUT2D eigenvalue weighted by Gasteiger charge is 2.07. The van der Waals surface area contributed by atoms with Crippen molar-refractivity contribution in [1.29, 1.82) is 0 Å². The van der Waals surface area contributed by atoms with Crippen LogP contribution in [0, 0.1) is 0 Å². The van der Waals surface area contributed by atoms with E-state index in [0.717, 1.165) is 4.90 Å². The summed E-state index contributed by atoms with van der Waals surface area (Å²) in [4.78, 5) is 12.4. The minimum atomic E-state index is 0.0644. The van der Waals surface area contributed by atoms with Gasteiger partial charge in [0.2, 0.25) is 10.6 Å². The van der Waals surface area contributed by atoms with Crippen molar-refractivity contribution in [3.05, 3.63) is 39.9 Å². The van der Waals surface area contributed by atoms with Gasteiger partial charge >= 0.3 is 0 Å². The number of nitrogens with zero attached hydrogens (tertiary/aromatic N) is 3. The molecular weight excluding hydrogens is 289 g/mol. The fourth-order valence-electron chi connectivity index (χ4n) is 0.980. The maximum absolute atomic E-state index is 6.00. The normalized spacial score (nSPS) is 10.4. The summed E-state index contributed by atoms with van der Waals surface area (Å²) >= 11 is 18.6. The minimum absolute atomic E-state index is 0.0644. The molecule has 1 aromatic heterocycles. The van der Waals surface area contributed by atoms with Crippen LogP contribution in [-0.2, 0) is 0 Å². The molecule has 7 heteroatoms. The predicted octanol–water partition coefficient (Wildman–Crippen LogP) is 3.98. The van der Waals surface area contributed by atoms with Gasteiger partial charge in [-0.15, -0.1) is 0 Å². The quantitative estimate of drug-likeness (QED) is 0.839. The molecule has 0 aliphatic carbocycles. The molecule has 0 unspecified atom stereocenters. The summed E-state index contributed by atoms with van der Waals surface area (Å²) in [6.45, 7) is 0. The van der Waals surface area contributed by atoms with Crippen molar-refractivity contribution in [1.82, 2.24) is 15.0 Å². The van der Waals surface area contributed by atoms with Gasteiger partial charge in [-0.05, 0) is 47.1 Å². The number of benzene rings is 1. The second-order valence-corrected chi connectivity index (χ2v) is 4.78. The summed E-state index contributed by atoms with van der Waals surface area (Å²) in [5, 5.41) is 1.17. The fraction of sp³-hybridized carbons (Fsp3) is 0. The molecule has 16 heavy (non-hydrogen) atoms. The summed E-state index contributed by atoms with van der Waals surface area (Å²) in [5.41, 5.74) is 0. The van der Waals surface area contributed by atoms with Crippen LogP contribution in [0.3, 0.4) is 0 Å². The molecule has 0 aliphatic heterocycles. The Morgan fingerprint density at radius 3 is 2.12 bits per heavy atom. The van der Waals surface area contributed by atoms with Crippen molar-refractivity contribution < 1.29 is 0 Å². The standard InChI is InChI=1S/C9H4Cl3N3S/c10-5-3-1-2-4-6(5)16-9-14-7(11)13-8(12)15-9/h1-4H. The van der Waals surface area contributed by atoms with Crippen LogP contribution in [0.5, 0.6) is 0 Å². The number of hydrogen-bond acceptors (Lipinski definition) is 4. The molecule has 1 aromatic carbocycles. The first-order chi connectivity index (χ1) is 7.65. The summed E-state index contributed by atoms with van der Waals surface area (Å²) < 4.78 is 0. The van der Waals surface area contributed by atoms with Gasteiger partial charge in [-0.2, -0.15) is 15.0 Å². The van der Waals surface area contributed by atoms with Crippen LogP contribution in [0.15, 0.2) is 34.3 Å². The van der Waals surface area contributed by atoms with E-state index in [1.54, 1.807) is 6.07 Å². The van der Waals surface area contributed by atoms with Gasteiger partial charge in [0.25, 0.3) is 0 Å². The van der Waals surface area contributed by atoms with Crippen molar-refractivity contribution in [2.45, 2.75) is 10.1 Å². The van der Waals surface area contributed by atoms with Gasteiger partial charge in [0.15, 0.2) is 5.16 Å². The van der Waals surface area contributed by atoms with Crippen molar-refractivity contribution in [3.8, 4) is 0 Å². The lowest BCUT2D eigenvalue weighted by atomic mass is 10.4. The first-order valence-electron chi connectivity index (χ1n) is 4.14. The zero-order chi connectivity index (χ0) is 11.5. The average Bonchev–Trinajstić information content (AvgIpc) is 2.20. The number of hydrogen-bond donors (Lipinski definition) is 0. The van der Waals surface area contributed by atoms with Crippen LogP contribution >= 0.6 is 46.6 Å². The van der Waals surface area contributed by atoms with Gasteiger partial charge in [0.1, 0.15) is 0 Å². The zero-order valence-corrected chi connectivity index (χ0v) is 10.8. The van der Waals surface area contributed by atoms with E-state index in [-0.39, 0.29) is 10.6 Å². The Bertz CT molecular complexity index is 501. The Balaban J connectivity index is 2.30. The highest BCUT2D eigenvalue weighted by atomic mass is 35.5. The Kier molecular flexibility index (Phi) is 3.86. The molecule has 0 radical (unpaired) electrons. The number of rotatable bonds is 2. The lowest BCUT2D eigenvalue weighted by molar-refractivity contribution is 0.904. The Labute approximate surface area is 111 Å². The summed E-state index contributed by atoms with van der Waals surface area (Å²) in [5.74, 6) is 0. The van der Waals surface area contributed by atoms with Crippen LogP contribution < -0.4 is 0 Å². The third kappa shape index (κ3) is 2.98. The zero-order valence-electron chi connectivity index (χ0n) is 7.69. The molecule has 0 fully saturated rings. The van der Waals surface area contributed by atoms with Crippen molar-refractivity contribution in [3.63, 3.8) is 0 Å². The molecule has 3 nitrogen and oxygen atoms in total. The van der Waals surface area contributed by atoms with E-state index in [4.69, 9.17) is 34.8 Å². The summed E-state index contributed by atoms with van der Waals surface area (Å²) in [7, 11) is 0. The maximum Gasteiger partial charge on any atom is 0.227 e. The molecular formula is C9H4Cl3N3S. The van der Waals surface area contributed by atoms with Crippen LogP contribution in [0.1, 0.15) is 0 Å². The van der Waals surface area contributed by atoms with Gasteiger partial charge in [-0.25, -0.2) is 0 Å². The molecule has 0 atom stereocenters. The van der Waals surface area contributed by atoms with Crippen molar-refractivity contribution >= 4 is 46.6 Å². The Morgan fingerprint density at radius 1 is 0.875 bits per heavy atom. The number of aromatic nitrogens is 3. The minimum Gasteiger partial charge on any atom is -0.191 e. The molecule has 0 N–H and O–H groups in total. The van der Waals surface area contributed by atoms with E-state index in [2.05, 4.69) is 15.0 Å². The second kappa shape index (κ2) is 5.19. The predicted molar refractivity (Wildman–Crippen MR) is 65.4 cm³/mol. The highest BCUT2D eigenvalue weighted by Crippen LogP contribution is 2.31. The molecule has 1 heterocycles. The molecule has 82 valence electrons. The van der Waals surface area contributed by atoms with E-state index in [1.807, 2.05) is 18.2 Å². The van der Waals surface area contributed by atoms with E-state index in [0.29, 0.717) is 10.2 Å². The fourth-order valence-corrected chi connectivity index (χ4v) is 2.47. The van der Waals surface area contributed by atoms with Crippen LogP contribution in [0.2, 0.25) is 15.6 Å². The van der Waals surface area contributed by atoms with Gasteiger partial charge in [0, 0.05) is 4.90 Å². The molecule has 0 aliphatic rings. The Hall–Kier alpha value is -0.550. The summed E-state index contributed by atoms with van der Waals surface area (Å²) in [6, 6.07) is 7.37. The monoisotopic (exact) mass is 291 g/mol. The van der Waals surface area contributed by atoms with E-state index < -0.39 is 0 Å². The average molecular weight is 293 g/mol. The molecule has 0 saturated heterocycles. The van der Waals surface area contributed by atoms with Crippen LogP contribution in [0.4, 0.5) is 0 Å². The third-order valence-electron chi connectivity index (χ3n) is 1.60.